The van der Waals surface area contributed by atoms with Crippen molar-refractivity contribution in [3.05, 3.63) is 27.9 Å². The number of likely N-dealkylation sites (N-methyl/N-ethyl adjacent to an activating group) is 1. The Labute approximate surface area is 98.4 Å². The van der Waals surface area contributed by atoms with E-state index in [2.05, 4.69) is 15.6 Å². The lowest BCUT2D eigenvalue weighted by Gasteiger charge is -2.13. The van der Waals surface area contributed by atoms with Gasteiger partial charge < -0.3 is 10.6 Å². The second-order valence-electron chi connectivity index (χ2n) is 3.56. The third-order valence-electron chi connectivity index (χ3n) is 2.30. The van der Waals surface area contributed by atoms with Crippen LogP contribution in [0.3, 0.4) is 0 Å². The van der Waals surface area contributed by atoms with Crippen molar-refractivity contribution >= 4 is 17.4 Å². The van der Waals surface area contributed by atoms with E-state index in [0.717, 1.165) is 0 Å². The van der Waals surface area contributed by atoms with Crippen LogP contribution in [0.2, 0.25) is 0 Å². The Morgan fingerprint density at radius 2 is 2.24 bits per heavy atom. The molecule has 1 atom stereocenters. The molecule has 92 valence electrons. The van der Waals surface area contributed by atoms with Gasteiger partial charge in [-0.2, -0.15) is 0 Å². The van der Waals surface area contributed by atoms with Crippen LogP contribution in [0.25, 0.3) is 0 Å². The normalized spacial score (nSPS) is 11.7. The van der Waals surface area contributed by atoms with E-state index >= 15 is 0 Å². The van der Waals surface area contributed by atoms with Gasteiger partial charge in [0.15, 0.2) is 0 Å². The molecular weight excluding hydrogens is 224 g/mol. The lowest BCUT2D eigenvalue weighted by atomic mass is 10.2. The van der Waals surface area contributed by atoms with Crippen LogP contribution in [0.5, 0.6) is 0 Å². The fraction of sp³-hybridized carbons (Fsp3) is 0.400. The molecule has 1 rings (SSSR count). The highest BCUT2D eigenvalue weighted by molar-refractivity contribution is 5.84. The Morgan fingerprint density at radius 1 is 1.59 bits per heavy atom. The first-order chi connectivity index (χ1) is 7.97. The summed E-state index contributed by atoms with van der Waals surface area (Å²) in [5.41, 5.74) is 0.389. The molecule has 1 aromatic rings. The summed E-state index contributed by atoms with van der Waals surface area (Å²) in [6.45, 7) is 3.22. The Morgan fingerprint density at radius 3 is 2.76 bits per heavy atom. The van der Waals surface area contributed by atoms with E-state index in [-0.39, 0.29) is 17.4 Å². The molecule has 1 aromatic heterocycles. The fourth-order valence-electron chi connectivity index (χ4n) is 1.37. The number of rotatable bonds is 4. The van der Waals surface area contributed by atoms with E-state index in [9.17, 15) is 14.9 Å². The van der Waals surface area contributed by atoms with E-state index < -0.39 is 11.0 Å². The van der Waals surface area contributed by atoms with Gasteiger partial charge in [-0.25, -0.2) is 4.98 Å². The van der Waals surface area contributed by atoms with Gasteiger partial charge in [0, 0.05) is 18.8 Å². The van der Waals surface area contributed by atoms with Crippen molar-refractivity contribution < 1.29 is 9.72 Å². The molecule has 1 unspecified atom stereocenters. The maximum Gasteiger partial charge on any atom is 0.314 e. The monoisotopic (exact) mass is 238 g/mol. The van der Waals surface area contributed by atoms with Crippen molar-refractivity contribution in [3.63, 3.8) is 0 Å². The molecule has 0 aromatic carbocycles. The summed E-state index contributed by atoms with van der Waals surface area (Å²) < 4.78 is 0. The summed E-state index contributed by atoms with van der Waals surface area (Å²) in [6, 6.07) is 0.960. The molecule has 0 saturated heterocycles. The van der Waals surface area contributed by atoms with Crippen LogP contribution >= 0.6 is 0 Å². The minimum Gasteiger partial charge on any atom is -0.357 e. The highest BCUT2D eigenvalue weighted by Crippen LogP contribution is 2.25. The molecule has 17 heavy (non-hydrogen) atoms. The van der Waals surface area contributed by atoms with Gasteiger partial charge in [-0.15, -0.1) is 0 Å². The lowest BCUT2D eigenvalue weighted by Crippen LogP contribution is -2.35. The standard InChI is InChI=1S/C10H14N4O3/c1-6-4-5-12-9(8(6)14(16)17)13-7(2)10(15)11-3/h4-5,7H,1-3H3,(H,11,15)(H,12,13). The molecule has 0 radical (unpaired) electrons. The van der Waals surface area contributed by atoms with E-state index in [0.29, 0.717) is 5.56 Å². The van der Waals surface area contributed by atoms with Gasteiger partial charge in [0.2, 0.25) is 11.7 Å². The zero-order valence-electron chi connectivity index (χ0n) is 9.85. The average molecular weight is 238 g/mol. The van der Waals surface area contributed by atoms with E-state index in [1.165, 1.54) is 13.2 Å². The number of carbonyl (C=O) groups excluding carboxylic acids is 1. The zero-order chi connectivity index (χ0) is 13.0. The lowest BCUT2D eigenvalue weighted by molar-refractivity contribution is -0.384. The predicted octanol–water partition coefficient (Wildman–Crippen LogP) is 0.845. The van der Waals surface area contributed by atoms with Gasteiger partial charge in [0.1, 0.15) is 6.04 Å². The van der Waals surface area contributed by atoms with Gasteiger partial charge >= 0.3 is 5.69 Å². The van der Waals surface area contributed by atoms with E-state index in [1.807, 2.05) is 0 Å². The number of nitrogens with zero attached hydrogens (tertiary/aromatic N) is 2. The first kappa shape index (κ1) is 12.9. The molecule has 7 heteroatoms. The summed E-state index contributed by atoms with van der Waals surface area (Å²) in [5.74, 6) is -0.159. The molecule has 0 aliphatic rings. The van der Waals surface area contributed by atoms with Crippen molar-refractivity contribution in [2.75, 3.05) is 12.4 Å². The number of amides is 1. The van der Waals surface area contributed by atoms with Gasteiger partial charge in [0.05, 0.1) is 4.92 Å². The minimum atomic E-state index is -0.590. The van der Waals surface area contributed by atoms with Crippen molar-refractivity contribution in [2.24, 2.45) is 0 Å². The first-order valence-corrected chi connectivity index (χ1v) is 5.05. The van der Waals surface area contributed by atoms with Crippen molar-refractivity contribution in [3.8, 4) is 0 Å². The number of aryl methyl sites for hydroxylation is 1. The number of hydrogen-bond acceptors (Lipinski definition) is 5. The van der Waals surface area contributed by atoms with Crippen molar-refractivity contribution in [1.29, 1.82) is 0 Å². The third kappa shape index (κ3) is 2.90. The van der Waals surface area contributed by atoms with E-state index in [1.54, 1.807) is 19.9 Å². The Bertz CT molecular complexity index is 447. The smallest absolute Gasteiger partial charge is 0.314 e. The summed E-state index contributed by atoms with van der Waals surface area (Å²) in [7, 11) is 1.50. The first-order valence-electron chi connectivity index (χ1n) is 5.05. The number of carbonyl (C=O) groups is 1. The maximum absolute atomic E-state index is 11.3. The highest BCUT2D eigenvalue weighted by Gasteiger charge is 2.21. The SMILES string of the molecule is CNC(=O)C(C)Nc1nccc(C)c1[N+](=O)[O-]. The van der Waals surface area contributed by atoms with E-state index in [4.69, 9.17) is 0 Å². The number of pyridine rings is 1. The summed E-state index contributed by atoms with van der Waals surface area (Å²) in [4.78, 5) is 25.6. The largest absolute Gasteiger partial charge is 0.357 e. The van der Waals surface area contributed by atoms with Gasteiger partial charge in [0.25, 0.3) is 0 Å². The second-order valence-corrected chi connectivity index (χ2v) is 3.56. The van der Waals surface area contributed by atoms with Crippen LogP contribution in [0.4, 0.5) is 11.5 Å². The van der Waals surface area contributed by atoms with Crippen LogP contribution < -0.4 is 10.6 Å². The predicted molar refractivity (Wildman–Crippen MR) is 62.8 cm³/mol. The Kier molecular flexibility index (Phi) is 3.97. The van der Waals surface area contributed by atoms with Crippen LogP contribution in [0, 0.1) is 17.0 Å². The number of nitrogens with one attached hydrogen (secondary N) is 2. The highest BCUT2D eigenvalue weighted by atomic mass is 16.6. The van der Waals surface area contributed by atoms with Crippen LogP contribution in [0.1, 0.15) is 12.5 Å². The zero-order valence-corrected chi connectivity index (χ0v) is 9.85. The third-order valence-corrected chi connectivity index (χ3v) is 2.30. The minimum absolute atomic E-state index is 0.103. The fourth-order valence-corrected chi connectivity index (χ4v) is 1.37. The molecule has 0 aliphatic heterocycles. The molecule has 0 bridgehead atoms. The molecule has 0 spiro atoms. The summed E-state index contributed by atoms with van der Waals surface area (Å²) in [5, 5.41) is 16.1. The quantitative estimate of drug-likeness (QED) is 0.598. The van der Waals surface area contributed by atoms with Crippen LogP contribution in [-0.4, -0.2) is 28.9 Å². The summed E-state index contributed by atoms with van der Waals surface area (Å²) in [6.07, 6.45) is 1.46. The molecule has 7 nitrogen and oxygen atoms in total. The molecule has 2 N–H and O–H groups in total. The number of anilines is 1. The van der Waals surface area contributed by atoms with Crippen molar-refractivity contribution in [1.82, 2.24) is 10.3 Å². The van der Waals surface area contributed by atoms with Gasteiger partial charge in [-0.05, 0) is 19.9 Å². The van der Waals surface area contributed by atoms with Crippen LogP contribution in [0.15, 0.2) is 12.3 Å². The van der Waals surface area contributed by atoms with Gasteiger partial charge in [-0.1, -0.05) is 0 Å². The maximum atomic E-state index is 11.3. The average Bonchev–Trinajstić information content (AvgIpc) is 2.27. The topological polar surface area (TPSA) is 97.2 Å². The molecule has 1 heterocycles. The van der Waals surface area contributed by atoms with Crippen LogP contribution in [-0.2, 0) is 4.79 Å². The number of nitro groups is 1. The molecule has 0 aliphatic carbocycles. The Balaban J connectivity index is 3.02. The molecule has 0 saturated carbocycles. The summed E-state index contributed by atoms with van der Waals surface area (Å²) >= 11 is 0. The number of aromatic nitrogens is 1. The van der Waals surface area contributed by atoms with Gasteiger partial charge in [-0.3, -0.25) is 14.9 Å². The number of hydrogen-bond donors (Lipinski definition) is 2. The second kappa shape index (κ2) is 5.24. The Hall–Kier alpha value is -2.18. The molecule has 1 amide bonds. The molecular formula is C10H14N4O3. The van der Waals surface area contributed by atoms with Crippen molar-refractivity contribution in [2.45, 2.75) is 19.9 Å². The molecule has 0 fully saturated rings.